The number of hydrogen-bond donors (Lipinski definition) is 2. The number of halogens is 2. The number of carboxylic acid groups (broad SMARTS) is 2. The third-order valence-corrected chi connectivity index (χ3v) is 6.33. The molecule has 0 radical (unpaired) electrons. The van der Waals surface area contributed by atoms with E-state index in [4.69, 9.17) is 10.2 Å². The Hall–Kier alpha value is -2.39. The monoisotopic (exact) mass is 552 g/mol. The fourth-order valence-corrected chi connectivity index (χ4v) is 4.33. The average molecular weight is 552 g/mol. The summed E-state index contributed by atoms with van der Waals surface area (Å²) in [6.45, 7) is 0. The molecule has 0 spiro atoms. The first kappa shape index (κ1) is 24.9. The standard InChI is InChI=1S/C15H13FO2S.C9H9IO2/c16-12-5-3-6-13(10-12)19-14-7-2-1-4-11(14)8-9-15(17)18;10-8-4-2-1-3-7(8)5-6-9(11)12/h1-7,10H,8-9H2,(H,17,18);1-4H,5-6H2,(H,11,12). The minimum absolute atomic E-state index is 0.0979. The van der Waals surface area contributed by atoms with Crippen molar-refractivity contribution in [2.24, 2.45) is 0 Å². The quantitative estimate of drug-likeness (QED) is 0.321. The van der Waals surface area contributed by atoms with Crippen molar-refractivity contribution in [2.45, 2.75) is 35.5 Å². The smallest absolute Gasteiger partial charge is 0.303 e. The SMILES string of the molecule is O=C(O)CCc1ccccc1I.O=C(O)CCc1ccccc1Sc1cccc(F)c1. The summed E-state index contributed by atoms with van der Waals surface area (Å²) in [5.41, 5.74) is 2.08. The predicted molar refractivity (Wildman–Crippen MR) is 128 cm³/mol. The van der Waals surface area contributed by atoms with Crippen LogP contribution in [-0.2, 0) is 22.4 Å². The number of aliphatic carboxylic acids is 2. The molecule has 162 valence electrons. The zero-order chi connectivity index (χ0) is 22.6. The minimum Gasteiger partial charge on any atom is -0.481 e. The topological polar surface area (TPSA) is 74.6 Å². The Morgan fingerprint density at radius 2 is 1.39 bits per heavy atom. The Morgan fingerprint density at radius 1 is 0.806 bits per heavy atom. The summed E-state index contributed by atoms with van der Waals surface area (Å²) in [7, 11) is 0. The maximum atomic E-state index is 13.1. The Labute approximate surface area is 198 Å². The fourth-order valence-electron chi connectivity index (χ4n) is 2.65. The van der Waals surface area contributed by atoms with Crippen LogP contribution < -0.4 is 0 Å². The number of hydrogen-bond acceptors (Lipinski definition) is 3. The second-order valence-corrected chi connectivity index (χ2v) is 8.82. The molecule has 0 unspecified atom stereocenters. The van der Waals surface area contributed by atoms with Crippen LogP contribution in [0.4, 0.5) is 4.39 Å². The van der Waals surface area contributed by atoms with E-state index in [1.807, 2.05) is 54.6 Å². The van der Waals surface area contributed by atoms with E-state index in [0.717, 1.165) is 24.5 Å². The summed E-state index contributed by atoms with van der Waals surface area (Å²) in [6, 6.07) is 21.8. The van der Waals surface area contributed by atoms with E-state index < -0.39 is 11.9 Å². The van der Waals surface area contributed by atoms with E-state index in [1.165, 1.54) is 23.9 Å². The Bertz CT molecular complexity index is 1030. The van der Waals surface area contributed by atoms with Gasteiger partial charge in [-0.25, -0.2) is 4.39 Å². The van der Waals surface area contributed by atoms with Crippen molar-refractivity contribution in [1.82, 2.24) is 0 Å². The van der Waals surface area contributed by atoms with Gasteiger partial charge in [-0.05, 0) is 76.9 Å². The Kier molecular flexibility index (Phi) is 10.5. The Morgan fingerprint density at radius 3 is 2.00 bits per heavy atom. The molecule has 3 aromatic rings. The van der Waals surface area contributed by atoms with Gasteiger partial charge in [0.2, 0.25) is 0 Å². The van der Waals surface area contributed by atoms with Crippen LogP contribution in [0.5, 0.6) is 0 Å². The van der Waals surface area contributed by atoms with Crippen molar-refractivity contribution in [2.75, 3.05) is 0 Å². The lowest BCUT2D eigenvalue weighted by atomic mass is 10.1. The summed E-state index contributed by atoms with van der Waals surface area (Å²) >= 11 is 3.66. The molecule has 2 N–H and O–H groups in total. The molecule has 0 aliphatic heterocycles. The first-order valence-corrected chi connectivity index (χ1v) is 11.4. The van der Waals surface area contributed by atoms with Crippen molar-refractivity contribution < 1.29 is 24.2 Å². The Balaban J connectivity index is 0.000000245. The van der Waals surface area contributed by atoms with Crippen LogP contribution in [0, 0.1) is 9.39 Å². The molecule has 0 aliphatic rings. The molecule has 0 fully saturated rings. The van der Waals surface area contributed by atoms with E-state index >= 15 is 0 Å². The number of rotatable bonds is 8. The fraction of sp³-hybridized carbons (Fsp3) is 0.167. The van der Waals surface area contributed by atoms with Crippen LogP contribution in [0.3, 0.4) is 0 Å². The molecule has 3 aromatic carbocycles. The average Bonchev–Trinajstić information content (AvgIpc) is 2.73. The van der Waals surface area contributed by atoms with E-state index in [-0.39, 0.29) is 18.7 Å². The highest BCUT2D eigenvalue weighted by Gasteiger charge is 2.07. The third kappa shape index (κ3) is 9.52. The van der Waals surface area contributed by atoms with Crippen LogP contribution in [0.15, 0.2) is 82.6 Å². The van der Waals surface area contributed by atoms with Gasteiger partial charge in [-0.3, -0.25) is 9.59 Å². The normalized spacial score (nSPS) is 10.1. The van der Waals surface area contributed by atoms with E-state index in [0.29, 0.717) is 12.8 Å². The molecule has 0 saturated heterocycles. The molecule has 31 heavy (non-hydrogen) atoms. The highest BCUT2D eigenvalue weighted by atomic mass is 127. The first-order chi connectivity index (χ1) is 14.8. The van der Waals surface area contributed by atoms with Gasteiger partial charge in [0.25, 0.3) is 0 Å². The van der Waals surface area contributed by atoms with Crippen molar-refractivity contribution in [3.63, 3.8) is 0 Å². The molecule has 0 heterocycles. The maximum absolute atomic E-state index is 13.1. The molecule has 0 saturated carbocycles. The van der Waals surface area contributed by atoms with Crippen LogP contribution >= 0.6 is 34.4 Å². The van der Waals surface area contributed by atoms with Crippen LogP contribution in [0.25, 0.3) is 0 Å². The summed E-state index contributed by atoms with van der Waals surface area (Å²) in [5, 5.41) is 17.2. The van der Waals surface area contributed by atoms with Gasteiger partial charge in [0.1, 0.15) is 5.82 Å². The highest BCUT2D eigenvalue weighted by molar-refractivity contribution is 14.1. The molecule has 7 heteroatoms. The molecule has 3 rings (SSSR count). The zero-order valence-corrected chi connectivity index (χ0v) is 19.6. The summed E-state index contributed by atoms with van der Waals surface area (Å²) in [4.78, 5) is 22.7. The number of carbonyl (C=O) groups is 2. The lowest BCUT2D eigenvalue weighted by Crippen LogP contribution is -1.98. The van der Waals surface area contributed by atoms with Crippen LogP contribution in [0.2, 0.25) is 0 Å². The largest absolute Gasteiger partial charge is 0.481 e. The number of aryl methyl sites for hydroxylation is 2. The molecular weight excluding hydrogens is 530 g/mol. The lowest BCUT2D eigenvalue weighted by Gasteiger charge is -2.08. The predicted octanol–water partition coefficient (Wildman–Crippen LogP) is 6.30. The number of carboxylic acids is 2. The highest BCUT2D eigenvalue weighted by Crippen LogP contribution is 2.31. The summed E-state index contributed by atoms with van der Waals surface area (Å²) in [6.07, 6.45) is 1.41. The van der Waals surface area contributed by atoms with Gasteiger partial charge in [-0.2, -0.15) is 0 Å². The third-order valence-electron chi connectivity index (χ3n) is 4.17. The van der Waals surface area contributed by atoms with Crippen LogP contribution in [-0.4, -0.2) is 22.2 Å². The lowest BCUT2D eigenvalue weighted by molar-refractivity contribution is -0.138. The molecule has 4 nitrogen and oxygen atoms in total. The van der Waals surface area contributed by atoms with Gasteiger partial charge in [0.15, 0.2) is 0 Å². The van der Waals surface area contributed by atoms with Gasteiger partial charge in [-0.1, -0.05) is 54.2 Å². The van der Waals surface area contributed by atoms with Gasteiger partial charge in [-0.15, -0.1) is 0 Å². The molecule has 0 bridgehead atoms. The van der Waals surface area contributed by atoms with Gasteiger partial charge < -0.3 is 10.2 Å². The maximum Gasteiger partial charge on any atom is 0.303 e. The van der Waals surface area contributed by atoms with Crippen LogP contribution in [0.1, 0.15) is 24.0 Å². The van der Waals surface area contributed by atoms with Gasteiger partial charge >= 0.3 is 11.9 Å². The number of benzene rings is 3. The van der Waals surface area contributed by atoms with Gasteiger partial charge in [0, 0.05) is 26.2 Å². The van der Waals surface area contributed by atoms with Crippen molar-refractivity contribution in [1.29, 1.82) is 0 Å². The molecule has 0 aliphatic carbocycles. The molecule has 0 amide bonds. The second kappa shape index (κ2) is 13.1. The second-order valence-electron chi connectivity index (χ2n) is 6.55. The minimum atomic E-state index is -0.814. The van der Waals surface area contributed by atoms with E-state index in [2.05, 4.69) is 22.6 Å². The molecule has 0 atom stereocenters. The molecular formula is C24H22FIO4S. The molecule has 0 aromatic heterocycles. The van der Waals surface area contributed by atoms with Crippen molar-refractivity contribution >= 4 is 46.3 Å². The zero-order valence-electron chi connectivity index (χ0n) is 16.6. The summed E-state index contributed by atoms with van der Waals surface area (Å²) < 4.78 is 14.3. The van der Waals surface area contributed by atoms with Crippen molar-refractivity contribution in [3.05, 3.63) is 93.3 Å². The first-order valence-electron chi connectivity index (χ1n) is 9.53. The van der Waals surface area contributed by atoms with Gasteiger partial charge in [0.05, 0.1) is 0 Å². The van der Waals surface area contributed by atoms with E-state index in [1.54, 1.807) is 6.07 Å². The van der Waals surface area contributed by atoms with Crippen molar-refractivity contribution in [3.8, 4) is 0 Å². The van der Waals surface area contributed by atoms with E-state index in [9.17, 15) is 14.0 Å². The summed E-state index contributed by atoms with van der Waals surface area (Å²) in [5.74, 6) is -1.83.